The molecule has 3 aromatic rings. The Morgan fingerprint density at radius 3 is 3.06 bits per heavy atom. The molecule has 6 heteroatoms. The molecular formula is C12H11ClN4S. The fourth-order valence-corrected chi connectivity index (χ4v) is 2.72. The van der Waals surface area contributed by atoms with Crippen LogP contribution in [0.25, 0.3) is 11.0 Å². The van der Waals surface area contributed by atoms with Crippen molar-refractivity contribution in [1.29, 1.82) is 0 Å². The van der Waals surface area contributed by atoms with Crippen LogP contribution in [0.4, 0.5) is 0 Å². The number of nitrogens with zero attached hydrogens (tertiary/aromatic N) is 4. The predicted octanol–water partition coefficient (Wildman–Crippen LogP) is 2.72. The molecule has 3 rings (SSSR count). The van der Waals surface area contributed by atoms with E-state index in [4.69, 9.17) is 11.6 Å². The Labute approximate surface area is 113 Å². The van der Waals surface area contributed by atoms with Gasteiger partial charge in [0.1, 0.15) is 16.3 Å². The highest BCUT2D eigenvalue weighted by Gasteiger charge is 2.11. The van der Waals surface area contributed by atoms with Gasteiger partial charge in [-0.05, 0) is 6.07 Å². The number of halogens is 1. The quantitative estimate of drug-likeness (QED) is 0.689. The molecule has 0 saturated carbocycles. The molecule has 3 aromatic heterocycles. The number of thiazole rings is 1. The van der Waals surface area contributed by atoms with Gasteiger partial charge in [0.2, 0.25) is 0 Å². The highest BCUT2D eigenvalue weighted by atomic mass is 35.5. The molecule has 0 amide bonds. The van der Waals surface area contributed by atoms with Crippen molar-refractivity contribution in [1.82, 2.24) is 19.5 Å². The van der Waals surface area contributed by atoms with E-state index in [1.165, 1.54) is 0 Å². The standard InChI is InChI=1S/C12H11ClN4S/c13-3-1-11-16-9-7-14-4-2-10(9)17(11)8-12-15-5-6-18-12/h2,4-7H,1,3,8H2. The van der Waals surface area contributed by atoms with E-state index in [9.17, 15) is 0 Å². The largest absolute Gasteiger partial charge is 0.321 e. The van der Waals surface area contributed by atoms with Crippen molar-refractivity contribution in [3.8, 4) is 0 Å². The summed E-state index contributed by atoms with van der Waals surface area (Å²) in [4.78, 5) is 13.0. The number of fused-ring (bicyclic) bond motifs is 1. The van der Waals surface area contributed by atoms with E-state index in [2.05, 4.69) is 19.5 Å². The first-order valence-electron chi connectivity index (χ1n) is 5.62. The summed E-state index contributed by atoms with van der Waals surface area (Å²) in [5.74, 6) is 1.55. The van der Waals surface area contributed by atoms with Crippen molar-refractivity contribution < 1.29 is 0 Å². The predicted molar refractivity (Wildman–Crippen MR) is 73.2 cm³/mol. The number of hydrogen-bond donors (Lipinski definition) is 0. The number of pyridine rings is 1. The number of aromatic nitrogens is 4. The zero-order chi connectivity index (χ0) is 12.4. The molecule has 18 heavy (non-hydrogen) atoms. The molecule has 0 atom stereocenters. The van der Waals surface area contributed by atoms with E-state index in [0.29, 0.717) is 5.88 Å². The Morgan fingerprint density at radius 1 is 1.33 bits per heavy atom. The lowest BCUT2D eigenvalue weighted by molar-refractivity contribution is 0.750. The molecule has 92 valence electrons. The van der Waals surface area contributed by atoms with Crippen molar-refractivity contribution >= 4 is 34.0 Å². The molecule has 0 unspecified atom stereocenters. The molecule has 0 spiro atoms. The smallest absolute Gasteiger partial charge is 0.112 e. The highest BCUT2D eigenvalue weighted by molar-refractivity contribution is 7.09. The number of imidazole rings is 1. The summed E-state index contributed by atoms with van der Waals surface area (Å²) in [5, 5.41) is 3.05. The topological polar surface area (TPSA) is 43.6 Å². The van der Waals surface area contributed by atoms with Gasteiger partial charge in [0.25, 0.3) is 0 Å². The second kappa shape index (κ2) is 5.04. The Kier molecular flexibility index (Phi) is 3.25. The molecule has 0 aliphatic carbocycles. The monoisotopic (exact) mass is 278 g/mol. The first-order valence-corrected chi connectivity index (χ1v) is 7.03. The Hall–Kier alpha value is -1.46. The van der Waals surface area contributed by atoms with Crippen LogP contribution in [0.3, 0.4) is 0 Å². The highest BCUT2D eigenvalue weighted by Crippen LogP contribution is 2.18. The lowest BCUT2D eigenvalue weighted by atomic mass is 10.4. The number of hydrogen-bond acceptors (Lipinski definition) is 4. The number of alkyl halides is 1. The first kappa shape index (κ1) is 11.6. The van der Waals surface area contributed by atoms with Gasteiger partial charge in [-0.15, -0.1) is 22.9 Å². The van der Waals surface area contributed by atoms with Crippen molar-refractivity contribution in [3.05, 3.63) is 40.9 Å². The Balaban J connectivity index is 2.09. The number of aryl methyl sites for hydroxylation is 1. The average molecular weight is 279 g/mol. The van der Waals surface area contributed by atoms with Crippen molar-refractivity contribution in [2.75, 3.05) is 5.88 Å². The molecule has 0 radical (unpaired) electrons. The molecule has 0 N–H and O–H groups in total. The summed E-state index contributed by atoms with van der Waals surface area (Å²) < 4.78 is 2.16. The lowest BCUT2D eigenvalue weighted by Crippen LogP contribution is -2.05. The van der Waals surface area contributed by atoms with Gasteiger partial charge >= 0.3 is 0 Å². The molecule has 0 aliphatic heterocycles. The summed E-state index contributed by atoms with van der Waals surface area (Å²) in [6, 6.07) is 1.98. The van der Waals surface area contributed by atoms with Crippen LogP contribution in [0.2, 0.25) is 0 Å². The van der Waals surface area contributed by atoms with Crippen LogP contribution in [0.5, 0.6) is 0 Å². The van der Waals surface area contributed by atoms with E-state index >= 15 is 0 Å². The fraction of sp³-hybridized carbons (Fsp3) is 0.250. The number of rotatable bonds is 4. The minimum atomic E-state index is 0.564. The lowest BCUT2D eigenvalue weighted by Gasteiger charge is -2.05. The first-order chi connectivity index (χ1) is 8.88. The van der Waals surface area contributed by atoms with Gasteiger partial charge in [0.05, 0.1) is 18.3 Å². The van der Waals surface area contributed by atoms with Crippen molar-refractivity contribution in [2.24, 2.45) is 0 Å². The van der Waals surface area contributed by atoms with Crippen LogP contribution >= 0.6 is 22.9 Å². The van der Waals surface area contributed by atoms with Gasteiger partial charge in [0.15, 0.2) is 0 Å². The van der Waals surface area contributed by atoms with E-state index in [1.807, 2.05) is 17.6 Å². The third-order valence-electron chi connectivity index (χ3n) is 2.72. The van der Waals surface area contributed by atoms with Crippen LogP contribution in [0.15, 0.2) is 30.0 Å². The summed E-state index contributed by atoms with van der Waals surface area (Å²) in [5.41, 5.74) is 1.99. The third kappa shape index (κ3) is 2.11. The second-order valence-corrected chi connectivity index (χ2v) is 5.20. The van der Waals surface area contributed by atoms with Crippen molar-refractivity contribution in [2.45, 2.75) is 13.0 Å². The maximum Gasteiger partial charge on any atom is 0.112 e. The zero-order valence-corrected chi connectivity index (χ0v) is 11.2. The van der Waals surface area contributed by atoms with Gasteiger partial charge in [-0.3, -0.25) is 4.98 Å². The van der Waals surface area contributed by atoms with Crippen LogP contribution in [-0.2, 0) is 13.0 Å². The Bertz CT molecular complexity index is 647. The van der Waals surface area contributed by atoms with Crippen LogP contribution in [-0.4, -0.2) is 25.4 Å². The summed E-state index contributed by atoms with van der Waals surface area (Å²) in [7, 11) is 0. The Morgan fingerprint density at radius 2 is 2.28 bits per heavy atom. The minimum Gasteiger partial charge on any atom is -0.321 e. The molecule has 0 bridgehead atoms. The van der Waals surface area contributed by atoms with Crippen LogP contribution < -0.4 is 0 Å². The normalized spacial score (nSPS) is 11.2. The summed E-state index contributed by atoms with van der Waals surface area (Å²) in [6.07, 6.45) is 6.14. The van der Waals surface area contributed by atoms with E-state index in [-0.39, 0.29) is 0 Å². The molecule has 0 aliphatic rings. The van der Waals surface area contributed by atoms with Crippen LogP contribution in [0, 0.1) is 0 Å². The third-order valence-corrected chi connectivity index (χ3v) is 3.68. The van der Waals surface area contributed by atoms with Gasteiger partial charge in [-0.2, -0.15) is 0 Å². The average Bonchev–Trinajstić information content (AvgIpc) is 3.00. The molecule has 4 nitrogen and oxygen atoms in total. The molecular weight excluding hydrogens is 268 g/mol. The maximum absolute atomic E-state index is 5.84. The van der Waals surface area contributed by atoms with Gasteiger partial charge in [-0.1, -0.05) is 0 Å². The van der Waals surface area contributed by atoms with Gasteiger partial charge < -0.3 is 4.57 Å². The minimum absolute atomic E-state index is 0.564. The molecule has 0 fully saturated rings. The van der Waals surface area contributed by atoms with Gasteiger partial charge in [-0.25, -0.2) is 9.97 Å². The SMILES string of the molecule is ClCCc1nc2cnccc2n1Cc1nccs1. The second-order valence-electron chi connectivity index (χ2n) is 3.84. The van der Waals surface area contributed by atoms with E-state index in [1.54, 1.807) is 23.7 Å². The van der Waals surface area contributed by atoms with Crippen molar-refractivity contribution in [3.63, 3.8) is 0 Å². The summed E-state index contributed by atoms with van der Waals surface area (Å²) >= 11 is 7.48. The molecule has 3 heterocycles. The van der Waals surface area contributed by atoms with Gasteiger partial charge in [0, 0.05) is 30.1 Å². The molecule has 0 aromatic carbocycles. The maximum atomic E-state index is 5.84. The molecule has 0 saturated heterocycles. The fourth-order valence-electron chi connectivity index (χ4n) is 1.95. The van der Waals surface area contributed by atoms with Crippen LogP contribution in [0.1, 0.15) is 10.8 Å². The zero-order valence-electron chi connectivity index (χ0n) is 9.58. The van der Waals surface area contributed by atoms with E-state index < -0.39 is 0 Å². The van der Waals surface area contributed by atoms with E-state index in [0.717, 1.165) is 34.8 Å². The summed E-state index contributed by atoms with van der Waals surface area (Å²) in [6.45, 7) is 0.740.